The molecule has 0 saturated heterocycles. The minimum Gasteiger partial charge on any atom is -0.507 e. The second kappa shape index (κ2) is 9.39. The molecule has 0 radical (unpaired) electrons. The first kappa shape index (κ1) is 21.7. The SMILES string of the molecule is CCN(CC)[P@](Oc1ccc2ccccc2c1-c1c(O)ccc2ccccc12)C1=CC=CC1. The average molecular weight is 454 g/mol. The van der Waals surface area contributed by atoms with Gasteiger partial charge in [-0.15, -0.1) is 0 Å². The second-order valence-corrected chi connectivity index (χ2v) is 10.0. The summed E-state index contributed by atoms with van der Waals surface area (Å²) in [6.07, 6.45) is 7.43. The molecule has 5 rings (SSSR count). The van der Waals surface area contributed by atoms with Crippen LogP contribution >= 0.6 is 8.30 Å². The topological polar surface area (TPSA) is 32.7 Å². The predicted octanol–water partition coefficient (Wildman–Crippen LogP) is 8.24. The number of fused-ring (bicyclic) bond motifs is 2. The van der Waals surface area contributed by atoms with Crippen molar-refractivity contribution in [2.24, 2.45) is 0 Å². The summed E-state index contributed by atoms with van der Waals surface area (Å²) in [5.74, 6) is 1.08. The van der Waals surface area contributed by atoms with Crippen LogP contribution in [0.5, 0.6) is 11.5 Å². The number of benzene rings is 4. The summed E-state index contributed by atoms with van der Waals surface area (Å²) in [5.41, 5.74) is 1.78. The lowest BCUT2D eigenvalue weighted by atomic mass is 9.92. The summed E-state index contributed by atoms with van der Waals surface area (Å²) in [4.78, 5) is 0. The maximum atomic E-state index is 11.1. The molecule has 0 fully saturated rings. The van der Waals surface area contributed by atoms with Gasteiger partial charge < -0.3 is 9.63 Å². The van der Waals surface area contributed by atoms with Crippen LogP contribution < -0.4 is 4.52 Å². The molecule has 1 aliphatic rings. The molecule has 1 N–H and O–H groups in total. The van der Waals surface area contributed by atoms with Crippen LogP contribution in [0.2, 0.25) is 0 Å². The molecule has 0 aliphatic heterocycles. The number of nitrogens with zero attached hydrogens (tertiary/aromatic N) is 1. The fourth-order valence-electron chi connectivity index (χ4n) is 4.56. The number of phenols is 1. The molecular formula is C29H28NO2P. The first-order chi connectivity index (χ1) is 16.2. The zero-order chi connectivity index (χ0) is 22.8. The van der Waals surface area contributed by atoms with Crippen LogP contribution in [-0.4, -0.2) is 22.9 Å². The summed E-state index contributed by atoms with van der Waals surface area (Å²) in [6.45, 7) is 6.20. The first-order valence-electron chi connectivity index (χ1n) is 11.5. The van der Waals surface area contributed by atoms with Crippen molar-refractivity contribution in [1.82, 2.24) is 4.67 Å². The van der Waals surface area contributed by atoms with Crippen molar-refractivity contribution in [2.45, 2.75) is 20.3 Å². The van der Waals surface area contributed by atoms with Crippen LogP contribution in [-0.2, 0) is 0 Å². The van der Waals surface area contributed by atoms with Gasteiger partial charge in [0.15, 0.2) is 8.30 Å². The number of rotatable bonds is 7. The molecular weight excluding hydrogens is 425 g/mol. The molecule has 4 aromatic carbocycles. The van der Waals surface area contributed by atoms with Gasteiger partial charge >= 0.3 is 0 Å². The van der Waals surface area contributed by atoms with Crippen LogP contribution in [0.15, 0.2) is 96.3 Å². The maximum absolute atomic E-state index is 11.1. The third kappa shape index (κ3) is 4.04. The fraction of sp³-hybridized carbons (Fsp3) is 0.172. The van der Waals surface area contributed by atoms with Gasteiger partial charge in [0.1, 0.15) is 11.5 Å². The Morgan fingerprint density at radius 2 is 1.45 bits per heavy atom. The van der Waals surface area contributed by atoms with E-state index in [4.69, 9.17) is 4.52 Å². The third-order valence-electron chi connectivity index (χ3n) is 6.22. The Balaban J connectivity index is 1.75. The highest BCUT2D eigenvalue weighted by molar-refractivity contribution is 7.55. The Kier molecular flexibility index (Phi) is 6.17. The minimum atomic E-state index is -0.966. The van der Waals surface area contributed by atoms with Crippen LogP contribution in [0.25, 0.3) is 32.7 Å². The summed E-state index contributed by atoms with van der Waals surface area (Å²) >= 11 is 0. The van der Waals surface area contributed by atoms with E-state index in [1.54, 1.807) is 6.07 Å². The van der Waals surface area contributed by atoms with Gasteiger partial charge in [0.25, 0.3) is 0 Å². The van der Waals surface area contributed by atoms with E-state index in [9.17, 15) is 5.11 Å². The van der Waals surface area contributed by atoms with Crippen LogP contribution in [0.1, 0.15) is 20.3 Å². The lowest BCUT2D eigenvalue weighted by Crippen LogP contribution is -2.20. The standard InChI is InChI=1S/C29H28NO2P/c1-3-30(4-2)33(23-13-7-8-14-23)32-27-20-18-22-12-6-10-16-25(22)29(27)28-24-15-9-5-11-21(24)17-19-26(28)31/h5-13,15-20,31H,3-4,14H2,1-2H3/t33-/m1/s1. The smallest absolute Gasteiger partial charge is 0.193 e. The van der Waals surface area contributed by atoms with Crippen LogP contribution in [0, 0.1) is 0 Å². The van der Waals surface area contributed by atoms with E-state index >= 15 is 0 Å². The molecule has 4 heteroatoms. The van der Waals surface area contributed by atoms with E-state index in [-0.39, 0.29) is 5.75 Å². The fourth-order valence-corrected chi connectivity index (χ4v) is 6.48. The molecule has 33 heavy (non-hydrogen) atoms. The van der Waals surface area contributed by atoms with E-state index < -0.39 is 8.30 Å². The van der Waals surface area contributed by atoms with Gasteiger partial charge in [-0.2, -0.15) is 0 Å². The molecule has 1 atom stereocenters. The van der Waals surface area contributed by atoms with Crippen molar-refractivity contribution in [1.29, 1.82) is 0 Å². The highest BCUT2D eigenvalue weighted by atomic mass is 31.2. The quantitative estimate of drug-likeness (QED) is 0.286. The number of allylic oxidation sites excluding steroid dienone is 4. The van der Waals surface area contributed by atoms with Crippen LogP contribution in [0.4, 0.5) is 0 Å². The molecule has 0 saturated carbocycles. The normalized spacial score (nSPS) is 14.2. The van der Waals surface area contributed by atoms with Crippen molar-refractivity contribution in [3.05, 3.63) is 96.3 Å². The van der Waals surface area contributed by atoms with Gasteiger partial charge in [-0.1, -0.05) is 92.7 Å². The van der Waals surface area contributed by atoms with E-state index in [0.29, 0.717) is 0 Å². The lowest BCUT2D eigenvalue weighted by molar-refractivity contribution is 0.450. The van der Waals surface area contributed by atoms with Crippen molar-refractivity contribution >= 4 is 29.8 Å². The molecule has 166 valence electrons. The van der Waals surface area contributed by atoms with Gasteiger partial charge in [-0.05, 0) is 40.1 Å². The lowest BCUT2D eigenvalue weighted by Gasteiger charge is -2.31. The summed E-state index contributed by atoms with van der Waals surface area (Å²) in [7, 11) is -0.966. The second-order valence-electron chi connectivity index (χ2n) is 8.13. The van der Waals surface area contributed by atoms with E-state index in [1.807, 2.05) is 24.3 Å². The zero-order valence-corrected chi connectivity index (χ0v) is 19.9. The Bertz CT molecular complexity index is 1370. The Morgan fingerprint density at radius 3 is 2.09 bits per heavy atom. The highest BCUT2D eigenvalue weighted by Crippen LogP contribution is 2.55. The van der Waals surface area contributed by atoms with Crippen molar-refractivity contribution in [3.8, 4) is 22.6 Å². The van der Waals surface area contributed by atoms with Gasteiger partial charge in [-0.3, -0.25) is 0 Å². The van der Waals surface area contributed by atoms with Gasteiger partial charge in [0.05, 0.1) is 0 Å². The minimum absolute atomic E-state index is 0.267. The summed E-state index contributed by atoms with van der Waals surface area (Å²) < 4.78 is 9.31. The third-order valence-corrected chi connectivity index (χ3v) is 8.49. The Morgan fingerprint density at radius 1 is 0.818 bits per heavy atom. The van der Waals surface area contributed by atoms with E-state index in [1.165, 1.54) is 5.31 Å². The largest absolute Gasteiger partial charge is 0.507 e. The Labute approximate surface area is 196 Å². The number of hydrogen-bond donors (Lipinski definition) is 1. The molecule has 4 aromatic rings. The maximum Gasteiger partial charge on any atom is 0.193 e. The van der Waals surface area contributed by atoms with E-state index in [2.05, 4.69) is 79.2 Å². The number of hydrogen-bond acceptors (Lipinski definition) is 3. The number of phenolic OH excluding ortho intramolecular Hbond substituents is 1. The molecule has 1 aliphatic carbocycles. The Hall–Kier alpha value is -3.13. The first-order valence-corrected chi connectivity index (χ1v) is 12.7. The molecule has 0 heterocycles. The molecule has 0 spiro atoms. The van der Waals surface area contributed by atoms with Crippen LogP contribution in [0.3, 0.4) is 0 Å². The molecule has 0 bridgehead atoms. The van der Waals surface area contributed by atoms with Crippen molar-refractivity contribution < 1.29 is 9.63 Å². The predicted molar refractivity (Wildman–Crippen MR) is 141 cm³/mol. The summed E-state index contributed by atoms with van der Waals surface area (Å²) in [5, 5.41) is 16.7. The monoisotopic (exact) mass is 453 g/mol. The molecule has 0 amide bonds. The van der Waals surface area contributed by atoms with Gasteiger partial charge in [0.2, 0.25) is 0 Å². The molecule has 0 unspecified atom stereocenters. The summed E-state index contributed by atoms with van der Waals surface area (Å²) in [6, 6.07) is 24.5. The molecule has 0 aromatic heterocycles. The van der Waals surface area contributed by atoms with Gasteiger partial charge in [-0.25, -0.2) is 4.67 Å². The number of aromatic hydroxyl groups is 1. The zero-order valence-electron chi connectivity index (χ0n) is 19.0. The average Bonchev–Trinajstić information content (AvgIpc) is 3.39. The van der Waals surface area contributed by atoms with Crippen molar-refractivity contribution in [3.63, 3.8) is 0 Å². The molecule has 3 nitrogen and oxygen atoms in total. The van der Waals surface area contributed by atoms with Crippen molar-refractivity contribution in [2.75, 3.05) is 13.1 Å². The highest BCUT2D eigenvalue weighted by Gasteiger charge is 2.27. The van der Waals surface area contributed by atoms with Gasteiger partial charge in [0, 0.05) is 29.5 Å². The van der Waals surface area contributed by atoms with E-state index in [0.717, 1.165) is 57.9 Å².